The molecule has 1 amide bonds. The molecule has 0 spiro atoms. The van der Waals surface area contributed by atoms with Gasteiger partial charge in [0.2, 0.25) is 5.91 Å². The van der Waals surface area contributed by atoms with Crippen LogP contribution in [-0.4, -0.2) is 17.0 Å². The van der Waals surface area contributed by atoms with Crippen molar-refractivity contribution in [1.82, 2.24) is 0 Å². The van der Waals surface area contributed by atoms with E-state index in [-0.39, 0.29) is 12.3 Å². The number of aryl methyl sites for hydroxylation is 1. The highest BCUT2D eigenvalue weighted by atomic mass is 16.4. The Hall–Kier alpha value is -1.84. The standard InChI is InChI=1S/C16H21NO3/c1-12-7-3-4-8-13(12)17-14(18)11-16(15(19)20)9-5-2-6-10-16/h3-4,7-8H,2,5-6,9-11H2,1H3,(H,17,18)(H,19,20). The third-order valence-electron chi connectivity index (χ3n) is 4.18. The average molecular weight is 275 g/mol. The van der Waals surface area contributed by atoms with Crippen molar-refractivity contribution in [2.24, 2.45) is 5.41 Å². The molecule has 4 nitrogen and oxygen atoms in total. The van der Waals surface area contributed by atoms with Crippen molar-refractivity contribution in [2.75, 3.05) is 5.32 Å². The van der Waals surface area contributed by atoms with Crippen LogP contribution in [0, 0.1) is 12.3 Å². The van der Waals surface area contributed by atoms with Crippen LogP contribution in [0.15, 0.2) is 24.3 Å². The summed E-state index contributed by atoms with van der Waals surface area (Å²) in [6.45, 7) is 1.92. The van der Waals surface area contributed by atoms with Crippen LogP contribution in [0.25, 0.3) is 0 Å². The zero-order chi connectivity index (χ0) is 14.6. The number of benzene rings is 1. The lowest BCUT2D eigenvalue weighted by atomic mass is 9.71. The van der Waals surface area contributed by atoms with E-state index in [2.05, 4.69) is 5.32 Å². The normalized spacial score (nSPS) is 17.4. The molecule has 1 fully saturated rings. The summed E-state index contributed by atoms with van der Waals surface area (Å²) in [4.78, 5) is 23.7. The van der Waals surface area contributed by atoms with Crippen molar-refractivity contribution >= 4 is 17.6 Å². The minimum absolute atomic E-state index is 0.0661. The molecule has 1 aliphatic rings. The Bertz CT molecular complexity index is 504. The first-order valence-electron chi connectivity index (χ1n) is 7.12. The zero-order valence-electron chi connectivity index (χ0n) is 11.8. The number of amides is 1. The molecule has 0 saturated heterocycles. The van der Waals surface area contributed by atoms with E-state index in [1.807, 2.05) is 31.2 Å². The second-order valence-corrected chi connectivity index (χ2v) is 5.69. The Labute approximate surface area is 119 Å². The SMILES string of the molecule is Cc1ccccc1NC(=O)CC1(C(=O)O)CCCCC1. The highest BCUT2D eigenvalue weighted by Crippen LogP contribution is 2.39. The number of carbonyl (C=O) groups excluding carboxylic acids is 1. The molecule has 20 heavy (non-hydrogen) atoms. The summed E-state index contributed by atoms with van der Waals surface area (Å²) in [5.41, 5.74) is 0.869. The molecule has 1 saturated carbocycles. The number of carbonyl (C=O) groups is 2. The van der Waals surface area contributed by atoms with Gasteiger partial charge in [-0.3, -0.25) is 9.59 Å². The summed E-state index contributed by atoms with van der Waals surface area (Å²) in [6.07, 6.45) is 4.12. The van der Waals surface area contributed by atoms with E-state index in [1.165, 1.54) is 0 Å². The van der Waals surface area contributed by atoms with E-state index in [1.54, 1.807) is 0 Å². The molecule has 0 bridgehead atoms. The largest absolute Gasteiger partial charge is 0.481 e. The lowest BCUT2D eigenvalue weighted by Crippen LogP contribution is -2.37. The van der Waals surface area contributed by atoms with Crippen LogP contribution in [0.5, 0.6) is 0 Å². The number of para-hydroxylation sites is 1. The third kappa shape index (κ3) is 3.18. The maximum Gasteiger partial charge on any atom is 0.310 e. The van der Waals surface area contributed by atoms with E-state index in [4.69, 9.17) is 0 Å². The maximum absolute atomic E-state index is 12.2. The zero-order valence-corrected chi connectivity index (χ0v) is 11.8. The molecule has 0 atom stereocenters. The highest BCUT2D eigenvalue weighted by molar-refractivity contribution is 5.94. The number of hydrogen-bond acceptors (Lipinski definition) is 2. The van der Waals surface area contributed by atoms with Gasteiger partial charge in [0.05, 0.1) is 5.41 Å². The summed E-state index contributed by atoms with van der Waals surface area (Å²) in [5.74, 6) is -1.04. The van der Waals surface area contributed by atoms with Gasteiger partial charge in [-0.25, -0.2) is 0 Å². The molecule has 4 heteroatoms. The average Bonchev–Trinajstić information content (AvgIpc) is 2.42. The van der Waals surface area contributed by atoms with Crippen LogP contribution in [0.4, 0.5) is 5.69 Å². The number of rotatable bonds is 4. The second-order valence-electron chi connectivity index (χ2n) is 5.69. The molecule has 1 aliphatic carbocycles. The minimum Gasteiger partial charge on any atom is -0.481 e. The van der Waals surface area contributed by atoms with E-state index < -0.39 is 11.4 Å². The van der Waals surface area contributed by atoms with Crippen LogP contribution >= 0.6 is 0 Å². The summed E-state index contributed by atoms with van der Waals surface area (Å²) < 4.78 is 0. The van der Waals surface area contributed by atoms with Crippen molar-refractivity contribution in [3.8, 4) is 0 Å². The number of anilines is 1. The monoisotopic (exact) mass is 275 g/mol. The highest BCUT2D eigenvalue weighted by Gasteiger charge is 2.41. The summed E-state index contributed by atoms with van der Waals surface area (Å²) >= 11 is 0. The molecule has 1 aromatic rings. The number of hydrogen-bond donors (Lipinski definition) is 2. The van der Waals surface area contributed by atoms with Gasteiger partial charge < -0.3 is 10.4 Å². The van der Waals surface area contributed by atoms with Crippen molar-refractivity contribution in [3.63, 3.8) is 0 Å². The van der Waals surface area contributed by atoms with Gasteiger partial charge in [-0.1, -0.05) is 37.5 Å². The first kappa shape index (κ1) is 14.6. The Kier molecular flexibility index (Phi) is 4.42. The fourth-order valence-corrected chi connectivity index (χ4v) is 2.91. The van der Waals surface area contributed by atoms with E-state index in [9.17, 15) is 14.7 Å². The molecule has 0 aliphatic heterocycles. The molecule has 0 aromatic heterocycles. The number of carboxylic acid groups (broad SMARTS) is 1. The van der Waals surface area contributed by atoms with Crippen molar-refractivity contribution in [2.45, 2.75) is 45.4 Å². The Morgan fingerprint density at radius 2 is 1.85 bits per heavy atom. The van der Waals surface area contributed by atoms with Crippen LogP contribution in [0.1, 0.15) is 44.1 Å². The van der Waals surface area contributed by atoms with E-state index >= 15 is 0 Å². The fraction of sp³-hybridized carbons (Fsp3) is 0.500. The molecular formula is C16H21NO3. The molecule has 0 heterocycles. The van der Waals surface area contributed by atoms with Gasteiger partial charge in [-0.2, -0.15) is 0 Å². The van der Waals surface area contributed by atoms with Crippen LogP contribution in [0.2, 0.25) is 0 Å². The summed E-state index contributed by atoms with van der Waals surface area (Å²) in [7, 11) is 0. The Morgan fingerprint density at radius 1 is 1.20 bits per heavy atom. The Morgan fingerprint density at radius 3 is 2.45 bits per heavy atom. The van der Waals surface area contributed by atoms with Gasteiger partial charge in [0.15, 0.2) is 0 Å². The van der Waals surface area contributed by atoms with Gasteiger partial charge in [0, 0.05) is 12.1 Å². The number of carboxylic acids is 1. The minimum atomic E-state index is -0.870. The fourth-order valence-electron chi connectivity index (χ4n) is 2.91. The van der Waals surface area contributed by atoms with Crippen molar-refractivity contribution < 1.29 is 14.7 Å². The van der Waals surface area contributed by atoms with Gasteiger partial charge in [-0.05, 0) is 31.4 Å². The maximum atomic E-state index is 12.2. The van der Waals surface area contributed by atoms with E-state index in [0.29, 0.717) is 12.8 Å². The van der Waals surface area contributed by atoms with Crippen LogP contribution in [-0.2, 0) is 9.59 Å². The third-order valence-corrected chi connectivity index (χ3v) is 4.18. The lowest BCUT2D eigenvalue weighted by Gasteiger charge is -2.32. The first-order chi connectivity index (χ1) is 9.53. The Balaban J connectivity index is 2.06. The van der Waals surface area contributed by atoms with Crippen LogP contribution < -0.4 is 5.32 Å². The first-order valence-corrected chi connectivity index (χ1v) is 7.12. The summed E-state index contributed by atoms with van der Waals surface area (Å²) in [5, 5.41) is 12.3. The smallest absolute Gasteiger partial charge is 0.310 e. The molecule has 108 valence electrons. The van der Waals surface area contributed by atoms with Gasteiger partial charge >= 0.3 is 5.97 Å². The van der Waals surface area contributed by atoms with Gasteiger partial charge in [0.25, 0.3) is 0 Å². The number of nitrogens with one attached hydrogen (secondary N) is 1. The topological polar surface area (TPSA) is 66.4 Å². The van der Waals surface area contributed by atoms with Gasteiger partial charge in [0.1, 0.15) is 0 Å². The molecule has 2 N–H and O–H groups in total. The van der Waals surface area contributed by atoms with Crippen LogP contribution in [0.3, 0.4) is 0 Å². The quantitative estimate of drug-likeness (QED) is 0.885. The molecule has 0 unspecified atom stereocenters. The lowest BCUT2D eigenvalue weighted by molar-refractivity contribution is -0.153. The molecule has 1 aromatic carbocycles. The molecular weight excluding hydrogens is 254 g/mol. The van der Waals surface area contributed by atoms with Crippen molar-refractivity contribution in [3.05, 3.63) is 29.8 Å². The molecule has 0 radical (unpaired) electrons. The predicted octanol–water partition coefficient (Wildman–Crippen LogP) is 3.36. The van der Waals surface area contributed by atoms with E-state index in [0.717, 1.165) is 30.5 Å². The molecule has 2 rings (SSSR count). The summed E-state index contributed by atoms with van der Waals surface area (Å²) in [6, 6.07) is 7.52. The van der Waals surface area contributed by atoms with Gasteiger partial charge in [-0.15, -0.1) is 0 Å². The number of aliphatic carboxylic acids is 1. The second kappa shape index (κ2) is 6.07. The van der Waals surface area contributed by atoms with Crippen molar-refractivity contribution in [1.29, 1.82) is 0 Å². The predicted molar refractivity (Wildman–Crippen MR) is 77.6 cm³/mol.